The molecule has 6 aromatic rings. The number of carbonyl (C=O) groups excluding carboxylic acids is 4. The van der Waals surface area contributed by atoms with Gasteiger partial charge < -0.3 is 58.6 Å². The Morgan fingerprint density at radius 1 is 0.709 bits per heavy atom. The van der Waals surface area contributed by atoms with Crippen LogP contribution in [0.1, 0.15) is 131 Å². The number of ether oxygens (including phenoxy) is 2. The Bertz CT molecular complexity index is 3690. The highest BCUT2D eigenvalue weighted by atomic mass is 31.2. The van der Waals surface area contributed by atoms with Gasteiger partial charge in [0.2, 0.25) is 11.8 Å². The van der Waals surface area contributed by atoms with Crippen molar-refractivity contribution in [1.82, 2.24) is 39.5 Å². The number of hydrogen-bond donors (Lipinski definition) is 6. The number of methoxy groups -OCH3 is 2. The molecule has 0 bridgehead atoms. The number of alkyl carbamates (subject to hydrolysis) is 2. The van der Waals surface area contributed by atoms with Crippen LogP contribution in [0.15, 0.2) is 72.8 Å². The third-order valence-electron chi connectivity index (χ3n) is 19.1. The third-order valence-corrected chi connectivity index (χ3v) is 20.0. The summed E-state index contributed by atoms with van der Waals surface area (Å²) >= 11 is 0. The van der Waals surface area contributed by atoms with Gasteiger partial charge in [0, 0.05) is 12.1 Å². The van der Waals surface area contributed by atoms with Crippen molar-refractivity contribution in [2.45, 2.75) is 161 Å². The minimum atomic E-state index is -4.95. The summed E-state index contributed by atoms with van der Waals surface area (Å²) in [7, 11) is -7.37. The molecule has 3 aliphatic heterocycles. The van der Waals surface area contributed by atoms with Crippen LogP contribution in [0.3, 0.4) is 0 Å². The van der Waals surface area contributed by atoms with Crippen molar-refractivity contribution < 1.29 is 66.4 Å². The topological polar surface area (TPSA) is 286 Å². The highest BCUT2D eigenvalue weighted by Crippen LogP contribution is 2.54. The van der Waals surface area contributed by atoms with E-state index in [-0.39, 0.29) is 53.5 Å². The monoisotopic (exact) mass is 1220 g/mol. The number of nitrogens with one attached hydrogen (secondary N) is 2. The van der Waals surface area contributed by atoms with Crippen LogP contribution < -0.4 is 10.6 Å². The number of aromatic nitrogens is 4. The molecule has 2 aromatic heterocycles. The van der Waals surface area contributed by atoms with Gasteiger partial charge in [-0.25, -0.2) is 28.7 Å². The van der Waals surface area contributed by atoms with Crippen LogP contribution in [0.5, 0.6) is 0 Å². The van der Waals surface area contributed by atoms with Gasteiger partial charge in [-0.05, 0) is 158 Å². The summed E-state index contributed by atoms with van der Waals surface area (Å²) in [6, 6.07) is 21.5. The third kappa shape index (κ3) is 12.1. The van der Waals surface area contributed by atoms with Crippen LogP contribution in [-0.2, 0) is 70.0 Å². The van der Waals surface area contributed by atoms with Gasteiger partial charge in [-0.15, -0.1) is 0 Å². The van der Waals surface area contributed by atoms with Gasteiger partial charge in [-0.2, -0.15) is 0 Å². The number of benzene rings is 4. The molecule has 2 saturated carbocycles. The van der Waals surface area contributed by atoms with E-state index in [1.54, 1.807) is 9.13 Å². The lowest BCUT2D eigenvalue weighted by Crippen LogP contribution is -2.63. The molecular formula is C62H78N8O14P2. The van der Waals surface area contributed by atoms with Crippen LogP contribution in [0.2, 0.25) is 0 Å². The highest BCUT2D eigenvalue weighted by Gasteiger charge is 2.58. The number of carbonyl (C=O) groups is 4. The first kappa shape index (κ1) is 61.2. The van der Waals surface area contributed by atoms with Crippen molar-refractivity contribution in [1.29, 1.82) is 0 Å². The van der Waals surface area contributed by atoms with E-state index >= 15 is 0 Å². The Morgan fingerprint density at radius 3 is 1.92 bits per heavy atom. The summed E-state index contributed by atoms with van der Waals surface area (Å²) in [6.45, 7) is 8.85. The Labute approximate surface area is 499 Å². The number of phosphoric acid groups is 2. The fraction of sp³-hybridized carbons (Fsp3) is 0.516. The molecule has 0 spiro atoms. The Hall–Kier alpha value is -6.48. The van der Waals surface area contributed by atoms with Gasteiger partial charge in [-0.1, -0.05) is 101 Å². The number of aryl methyl sites for hydroxylation is 4. The van der Waals surface area contributed by atoms with Gasteiger partial charge >= 0.3 is 27.8 Å². The second-order valence-electron chi connectivity index (χ2n) is 24.5. The molecule has 4 aromatic carbocycles. The van der Waals surface area contributed by atoms with Gasteiger partial charge in [0.05, 0.1) is 48.4 Å². The van der Waals surface area contributed by atoms with Crippen LogP contribution in [0, 0.1) is 36.5 Å². The molecule has 0 radical (unpaired) electrons. The number of imidazole rings is 2. The summed E-state index contributed by atoms with van der Waals surface area (Å²) in [4.78, 5) is 109. The molecular weight excluding hydrogens is 1140 g/mol. The molecule has 4 amide bonds. The van der Waals surface area contributed by atoms with E-state index in [1.165, 1.54) is 14.2 Å². The number of likely N-dealkylation sites (tertiary alicyclic amines) is 1. The molecule has 2 unspecified atom stereocenters. The molecule has 6 N–H and O–H groups in total. The van der Waals surface area contributed by atoms with E-state index in [2.05, 4.69) is 54.0 Å². The Balaban J connectivity index is 0.906. The first-order valence-electron chi connectivity index (χ1n) is 30.0. The van der Waals surface area contributed by atoms with Crippen molar-refractivity contribution >= 4 is 61.7 Å². The number of fused-ring (bicyclic) bond motifs is 3. The number of amides is 4. The fourth-order valence-corrected chi connectivity index (χ4v) is 15.6. The molecule has 5 heterocycles. The second-order valence-corrected chi connectivity index (χ2v) is 27.0. The predicted octanol–water partition coefficient (Wildman–Crippen LogP) is 10.2. The average Bonchev–Trinajstić information content (AvgIpc) is 1.63. The summed E-state index contributed by atoms with van der Waals surface area (Å²) in [6.07, 6.45) is 8.25. The molecule has 86 heavy (non-hydrogen) atoms. The van der Waals surface area contributed by atoms with Crippen molar-refractivity contribution in [2.24, 2.45) is 29.6 Å². The molecule has 10 atom stereocenters. The number of piperidine rings is 1. The van der Waals surface area contributed by atoms with Crippen molar-refractivity contribution in [2.75, 3.05) is 14.2 Å². The maximum absolute atomic E-state index is 14.8. The van der Waals surface area contributed by atoms with E-state index in [1.807, 2.05) is 73.9 Å². The standard InChI is InChI=1S/C62H78N8O14P2/c1-8-38-20-17-37(27-46(38)41-23-25-51-48(29-41)64-58(68(51)33-84-86(78,79)80)53-31-43-13-11-14-44-36(5)55(66-62(74)82-7)60(72)70(53)56(43)44)18-21-39-19-16-35(4)26-45(39)40-22-24-50-47(28-40)63-57(67(50)32-83-85(75,76)77)52-30-42-12-9-10-15-49(42)69(52)59(71)54(34(2)3)65-61(73)81-6/h16-17,19-20,22-29,34,36,42-44,49,52-56H,8-15,18,21,30-33H2,1-7H3,(H,65,73)(H,66,74)(H2,75,76,77)(H2,78,79,80)/t36?,42-,43-,44?,49-,52-,53-,54-,55-,56+/m0/s1. The molecule has 5 aliphatic rings. The number of nitrogens with zero attached hydrogens (tertiary/aromatic N) is 6. The summed E-state index contributed by atoms with van der Waals surface area (Å²) in [5, 5.41) is 5.56. The van der Waals surface area contributed by atoms with Crippen LogP contribution in [-0.4, -0.2) is 111 Å². The zero-order valence-corrected chi connectivity index (χ0v) is 51.4. The quantitative estimate of drug-likeness (QED) is 0.0436. The minimum Gasteiger partial charge on any atom is -0.453 e. The van der Waals surface area contributed by atoms with E-state index in [0.717, 1.165) is 95.9 Å². The smallest absolute Gasteiger partial charge is 0.453 e. The van der Waals surface area contributed by atoms with Crippen molar-refractivity contribution in [3.8, 4) is 22.3 Å². The fourth-order valence-electron chi connectivity index (χ4n) is 15.1. The molecule has 24 heteroatoms. The van der Waals surface area contributed by atoms with Crippen LogP contribution in [0.4, 0.5) is 9.59 Å². The first-order valence-corrected chi connectivity index (χ1v) is 33.1. The lowest BCUT2D eigenvalue weighted by Gasteiger charge is -2.49. The largest absolute Gasteiger partial charge is 0.471 e. The van der Waals surface area contributed by atoms with E-state index in [0.29, 0.717) is 59.4 Å². The van der Waals surface area contributed by atoms with Gasteiger partial charge in [0.15, 0.2) is 0 Å². The molecule has 5 fully saturated rings. The van der Waals surface area contributed by atoms with E-state index in [9.17, 15) is 47.9 Å². The Kier molecular flexibility index (Phi) is 17.5. The molecule has 3 saturated heterocycles. The molecule has 11 rings (SSSR count). The first-order chi connectivity index (χ1) is 41.0. The highest BCUT2D eigenvalue weighted by molar-refractivity contribution is 7.46. The SMILES string of the molecule is CCc1ccc(CCc2ccc(C)cc2-c2ccc3c(c2)nc([C@@H]2C[C@@H]4CCCC[C@@H]4N2C(=O)[C@@H](NC(=O)OC)C(C)C)n3COP(=O)(O)O)cc1-c1ccc2c(c1)nc([C@@H]1C[C@@H]3CCCC4C(C)[C@H](NC(=O)OC)C(=O)N1[C@@H]43)n2COP(=O)(O)O. The van der Waals surface area contributed by atoms with E-state index in [4.69, 9.17) is 28.5 Å². The second kappa shape index (κ2) is 24.6. The van der Waals surface area contributed by atoms with Crippen molar-refractivity contribution in [3.05, 3.63) is 107 Å². The molecule has 460 valence electrons. The zero-order chi connectivity index (χ0) is 61.1. The van der Waals surface area contributed by atoms with Crippen LogP contribution >= 0.6 is 15.6 Å². The summed E-state index contributed by atoms with van der Waals surface area (Å²) < 4.78 is 48.1. The van der Waals surface area contributed by atoms with Crippen LogP contribution in [0.25, 0.3) is 44.3 Å². The number of hydrogen-bond acceptors (Lipinski definition) is 12. The number of rotatable bonds is 18. The van der Waals surface area contributed by atoms with Gasteiger partial charge in [0.25, 0.3) is 0 Å². The van der Waals surface area contributed by atoms with Crippen molar-refractivity contribution in [3.63, 3.8) is 0 Å². The minimum absolute atomic E-state index is 0.0856. The summed E-state index contributed by atoms with van der Waals surface area (Å²) in [5.74, 6) is 0.431. The predicted molar refractivity (Wildman–Crippen MR) is 320 cm³/mol. The lowest BCUT2D eigenvalue weighted by molar-refractivity contribution is -0.148. The zero-order valence-electron chi connectivity index (χ0n) is 49.6. The Morgan fingerprint density at radius 2 is 1.30 bits per heavy atom. The van der Waals surface area contributed by atoms with Gasteiger partial charge in [-0.3, -0.25) is 18.6 Å². The molecule has 2 aliphatic carbocycles. The number of phosphoric ester groups is 2. The summed E-state index contributed by atoms with van der Waals surface area (Å²) in [5.41, 5.74) is 10.4. The molecule has 22 nitrogen and oxygen atoms in total. The normalized spacial score (nSPS) is 24.3. The van der Waals surface area contributed by atoms with Gasteiger partial charge in [0.1, 0.15) is 37.2 Å². The maximum atomic E-state index is 14.8. The average molecular weight is 1220 g/mol. The van der Waals surface area contributed by atoms with E-state index < -0.39 is 65.5 Å². The lowest BCUT2D eigenvalue weighted by atomic mass is 9.68. The maximum Gasteiger partial charge on any atom is 0.471 e.